The van der Waals surface area contributed by atoms with Gasteiger partial charge in [-0.3, -0.25) is 4.79 Å². The van der Waals surface area contributed by atoms with Gasteiger partial charge < -0.3 is 9.73 Å². The van der Waals surface area contributed by atoms with Crippen molar-refractivity contribution in [3.8, 4) is 0 Å². The van der Waals surface area contributed by atoms with Crippen LogP contribution in [0.5, 0.6) is 0 Å². The van der Waals surface area contributed by atoms with Gasteiger partial charge in [-0.25, -0.2) is 18.2 Å². The highest BCUT2D eigenvalue weighted by atomic mass is 19.2. The maximum atomic E-state index is 13.6. The Hall–Kier alpha value is -2.31. The number of benzene rings is 1. The summed E-state index contributed by atoms with van der Waals surface area (Å²) in [6.45, 7) is 8.08. The Morgan fingerprint density at radius 2 is 1.88 bits per heavy atom. The van der Waals surface area contributed by atoms with E-state index < -0.39 is 28.9 Å². The molecule has 0 aliphatic rings. The van der Waals surface area contributed by atoms with E-state index in [0.717, 1.165) is 23.6 Å². The molecule has 136 valence electrons. The number of halogens is 3. The number of carbonyl (C=O) groups excluding carboxylic acids is 1. The predicted octanol–water partition coefficient (Wildman–Crippen LogP) is 4.06. The average Bonchev–Trinajstić information content (AvgIpc) is 2.90. The molecule has 4 nitrogen and oxygen atoms in total. The van der Waals surface area contributed by atoms with Crippen LogP contribution in [0.25, 0.3) is 0 Å². The van der Waals surface area contributed by atoms with Crippen molar-refractivity contribution in [1.82, 2.24) is 10.3 Å². The van der Waals surface area contributed by atoms with Gasteiger partial charge in [0.05, 0.1) is 11.3 Å². The Balaban J connectivity index is 1.91. The number of nitrogens with one attached hydrogen (secondary N) is 1. The van der Waals surface area contributed by atoms with Gasteiger partial charge in [0.1, 0.15) is 5.76 Å². The third kappa shape index (κ3) is 4.41. The molecule has 0 aliphatic heterocycles. The highest BCUT2D eigenvalue weighted by Crippen LogP contribution is 2.24. The number of hydrogen-bond acceptors (Lipinski definition) is 3. The van der Waals surface area contributed by atoms with Gasteiger partial charge in [0.25, 0.3) is 5.91 Å². The van der Waals surface area contributed by atoms with Crippen molar-refractivity contribution in [2.24, 2.45) is 0 Å². The summed E-state index contributed by atoms with van der Waals surface area (Å²) in [7, 11) is 0. The quantitative estimate of drug-likeness (QED) is 0.651. The fourth-order valence-corrected chi connectivity index (χ4v) is 2.23. The van der Waals surface area contributed by atoms with Crippen LogP contribution in [-0.4, -0.2) is 17.4 Å². The molecule has 2 rings (SSSR count). The van der Waals surface area contributed by atoms with Crippen molar-refractivity contribution in [1.29, 1.82) is 0 Å². The third-order valence-corrected chi connectivity index (χ3v) is 3.68. The smallest absolute Gasteiger partial charge is 0.254 e. The van der Waals surface area contributed by atoms with Crippen LogP contribution in [0.3, 0.4) is 0 Å². The molecule has 1 heterocycles. The van der Waals surface area contributed by atoms with Gasteiger partial charge in [-0.1, -0.05) is 20.8 Å². The summed E-state index contributed by atoms with van der Waals surface area (Å²) in [6.07, 6.45) is 1.09. The van der Waals surface area contributed by atoms with Crippen molar-refractivity contribution in [3.63, 3.8) is 0 Å². The second-order valence-electron chi connectivity index (χ2n) is 6.86. The van der Waals surface area contributed by atoms with Gasteiger partial charge in [0.2, 0.25) is 0 Å². The molecule has 0 unspecified atom stereocenters. The molecule has 1 amide bonds. The summed E-state index contributed by atoms with van der Waals surface area (Å²) in [5.74, 6) is -3.88. The van der Waals surface area contributed by atoms with E-state index in [4.69, 9.17) is 4.42 Å². The van der Waals surface area contributed by atoms with Gasteiger partial charge in [0, 0.05) is 18.4 Å². The van der Waals surface area contributed by atoms with Crippen molar-refractivity contribution in [3.05, 3.63) is 52.5 Å². The molecular formula is C18H21F3N2O2. The van der Waals surface area contributed by atoms with Crippen LogP contribution in [0.1, 0.15) is 54.9 Å². The maximum absolute atomic E-state index is 13.6. The maximum Gasteiger partial charge on any atom is 0.254 e. The Morgan fingerprint density at radius 1 is 1.20 bits per heavy atom. The summed E-state index contributed by atoms with van der Waals surface area (Å²) in [4.78, 5) is 16.3. The minimum atomic E-state index is -1.65. The fraction of sp³-hybridized carbons (Fsp3) is 0.444. The second kappa shape index (κ2) is 7.29. The lowest BCUT2D eigenvalue weighted by molar-refractivity contribution is 0.0947. The van der Waals surface area contributed by atoms with E-state index in [9.17, 15) is 18.0 Å². The van der Waals surface area contributed by atoms with E-state index in [1.165, 1.54) is 0 Å². The van der Waals surface area contributed by atoms with E-state index in [0.29, 0.717) is 18.7 Å². The van der Waals surface area contributed by atoms with Crippen LogP contribution in [0.4, 0.5) is 13.2 Å². The predicted molar refractivity (Wildman–Crippen MR) is 86.9 cm³/mol. The monoisotopic (exact) mass is 354 g/mol. The number of oxazole rings is 1. The number of rotatable bonds is 5. The van der Waals surface area contributed by atoms with Crippen LogP contribution in [-0.2, 0) is 11.8 Å². The lowest BCUT2D eigenvalue weighted by atomic mass is 9.97. The van der Waals surface area contributed by atoms with E-state index in [1.54, 1.807) is 0 Å². The third-order valence-electron chi connectivity index (χ3n) is 3.68. The van der Waals surface area contributed by atoms with E-state index in [2.05, 4.69) is 10.3 Å². The Kier molecular flexibility index (Phi) is 5.55. The molecule has 0 atom stereocenters. The summed E-state index contributed by atoms with van der Waals surface area (Å²) >= 11 is 0. The van der Waals surface area contributed by atoms with E-state index >= 15 is 0 Å². The molecule has 7 heteroatoms. The highest BCUT2D eigenvalue weighted by Gasteiger charge is 2.22. The molecule has 1 aromatic heterocycles. The summed E-state index contributed by atoms with van der Waals surface area (Å²) in [5, 5.41) is 2.48. The first kappa shape index (κ1) is 19.0. The van der Waals surface area contributed by atoms with Crippen LogP contribution in [0.2, 0.25) is 0 Å². The molecule has 1 N–H and O–H groups in total. The van der Waals surface area contributed by atoms with Crippen LogP contribution >= 0.6 is 0 Å². The first-order valence-corrected chi connectivity index (χ1v) is 7.99. The molecule has 2 aromatic rings. The van der Waals surface area contributed by atoms with Crippen LogP contribution in [0, 0.1) is 24.4 Å². The van der Waals surface area contributed by atoms with Crippen molar-refractivity contribution in [2.45, 2.75) is 46.0 Å². The minimum absolute atomic E-state index is 0.193. The number of carbonyl (C=O) groups is 1. The molecule has 0 radical (unpaired) electrons. The van der Waals surface area contributed by atoms with Gasteiger partial charge >= 0.3 is 0 Å². The largest absolute Gasteiger partial charge is 0.445 e. The molecular weight excluding hydrogens is 333 g/mol. The summed E-state index contributed by atoms with van der Waals surface area (Å²) < 4.78 is 45.3. The van der Waals surface area contributed by atoms with Crippen LogP contribution < -0.4 is 5.32 Å². The zero-order chi connectivity index (χ0) is 18.8. The highest BCUT2D eigenvalue weighted by molar-refractivity contribution is 5.94. The number of aromatic nitrogens is 1. The Morgan fingerprint density at radius 3 is 2.48 bits per heavy atom. The van der Waals surface area contributed by atoms with Gasteiger partial charge in [-0.2, -0.15) is 0 Å². The molecule has 25 heavy (non-hydrogen) atoms. The zero-order valence-electron chi connectivity index (χ0n) is 14.7. The fourth-order valence-electron chi connectivity index (χ4n) is 2.23. The number of hydrogen-bond donors (Lipinski definition) is 1. The normalized spacial score (nSPS) is 11.6. The minimum Gasteiger partial charge on any atom is -0.445 e. The standard InChI is InChI=1S/C18H21F3N2O2/c1-10-13(25-17(23-10)18(2,3)4)6-5-9-22-16(24)11-7-8-12(19)15(21)14(11)20/h7-8H,5-6,9H2,1-4H3,(H,22,24). The van der Waals surface area contributed by atoms with Crippen molar-refractivity contribution >= 4 is 5.91 Å². The first-order valence-electron chi connectivity index (χ1n) is 7.99. The lowest BCUT2D eigenvalue weighted by Gasteiger charge is -2.12. The SMILES string of the molecule is Cc1nc(C(C)(C)C)oc1CCCNC(=O)c1ccc(F)c(F)c1F. The van der Waals surface area contributed by atoms with Crippen LogP contribution in [0.15, 0.2) is 16.5 Å². The van der Waals surface area contributed by atoms with E-state index in [1.807, 2.05) is 27.7 Å². The average molecular weight is 354 g/mol. The zero-order valence-corrected chi connectivity index (χ0v) is 14.7. The molecule has 0 saturated heterocycles. The molecule has 0 saturated carbocycles. The number of amides is 1. The van der Waals surface area contributed by atoms with Gasteiger partial charge in [-0.05, 0) is 25.5 Å². The summed E-state index contributed by atoms with van der Waals surface area (Å²) in [6, 6.07) is 1.64. The van der Waals surface area contributed by atoms with Crippen molar-refractivity contribution in [2.75, 3.05) is 6.54 Å². The molecule has 0 fully saturated rings. The Bertz CT molecular complexity index is 779. The van der Waals surface area contributed by atoms with Gasteiger partial charge in [0.15, 0.2) is 23.3 Å². The van der Waals surface area contributed by atoms with Gasteiger partial charge in [-0.15, -0.1) is 0 Å². The molecule has 0 bridgehead atoms. The van der Waals surface area contributed by atoms with Crippen molar-refractivity contribution < 1.29 is 22.4 Å². The first-order chi connectivity index (χ1) is 11.6. The summed E-state index contributed by atoms with van der Waals surface area (Å²) in [5.41, 5.74) is 0.0779. The molecule has 0 spiro atoms. The number of nitrogens with zero attached hydrogens (tertiary/aromatic N) is 1. The van der Waals surface area contributed by atoms with E-state index in [-0.39, 0.29) is 12.0 Å². The molecule has 0 aliphatic carbocycles. The Labute approximate surface area is 144 Å². The topological polar surface area (TPSA) is 55.1 Å². The number of aryl methyl sites for hydroxylation is 2. The second-order valence-corrected chi connectivity index (χ2v) is 6.86. The molecule has 1 aromatic carbocycles. The lowest BCUT2D eigenvalue weighted by Crippen LogP contribution is -2.26.